The van der Waals surface area contributed by atoms with Crippen LogP contribution in [-0.4, -0.2) is 33.7 Å². The molecule has 1 aromatic rings. The van der Waals surface area contributed by atoms with Crippen LogP contribution in [-0.2, 0) is 14.8 Å². The molecular weight excluding hydrogens is 254 g/mol. The Kier molecular flexibility index (Phi) is 5.30. The molecule has 1 aromatic carbocycles. The molecule has 0 unspecified atom stereocenters. The van der Waals surface area contributed by atoms with Gasteiger partial charge in [-0.15, -0.1) is 0 Å². The van der Waals surface area contributed by atoms with Crippen molar-refractivity contribution in [1.29, 1.82) is 0 Å². The van der Waals surface area contributed by atoms with Crippen molar-refractivity contribution in [3.63, 3.8) is 0 Å². The molecule has 0 aliphatic rings. The molecule has 0 aromatic heterocycles. The number of carbonyl (C=O) groups is 1. The molecule has 1 N–H and O–H groups in total. The first-order chi connectivity index (χ1) is 8.44. The lowest BCUT2D eigenvalue weighted by Gasteiger charge is -2.08. The predicted molar refractivity (Wildman–Crippen MR) is 70.3 cm³/mol. The molecule has 0 heterocycles. The van der Waals surface area contributed by atoms with Crippen molar-refractivity contribution in [2.24, 2.45) is 0 Å². The highest BCUT2D eigenvalue weighted by molar-refractivity contribution is 7.92. The number of hydrogen-bond acceptors (Lipinski definition) is 4. The lowest BCUT2D eigenvalue weighted by molar-refractivity contribution is 0.101. The summed E-state index contributed by atoms with van der Waals surface area (Å²) in [6.45, 7) is 1.83. The second-order valence-corrected chi connectivity index (χ2v) is 5.75. The molecule has 0 radical (unpaired) electrons. The summed E-state index contributed by atoms with van der Waals surface area (Å²) in [5.74, 6) is -0.110. The van der Waals surface area contributed by atoms with E-state index in [1.165, 1.54) is 20.1 Å². The summed E-state index contributed by atoms with van der Waals surface area (Å²) in [6.07, 6.45) is 0.429. The Balaban J connectivity index is 2.72. The monoisotopic (exact) mass is 271 g/mol. The highest BCUT2D eigenvalue weighted by Crippen LogP contribution is 2.13. The number of methoxy groups -OCH3 is 1. The standard InChI is InChI=1S/C12H17NO4S/c1-10(14)11-5-3-6-12(9-11)13-18(15,16)8-4-7-17-2/h3,5-6,9,13H,4,7-8H2,1-2H3. The third kappa shape index (κ3) is 4.85. The predicted octanol–water partition coefficient (Wildman–Crippen LogP) is 1.67. The van der Waals surface area contributed by atoms with Crippen LogP contribution in [0, 0.1) is 0 Å². The van der Waals surface area contributed by atoms with E-state index in [0.29, 0.717) is 24.3 Å². The summed E-state index contributed by atoms with van der Waals surface area (Å²) in [5.41, 5.74) is 0.882. The summed E-state index contributed by atoms with van der Waals surface area (Å²) in [7, 11) is -1.87. The molecule has 0 aliphatic heterocycles. The van der Waals surface area contributed by atoms with Gasteiger partial charge in [0.25, 0.3) is 0 Å². The average molecular weight is 271 g/mol. The van der Waals surface area contributed by atoms with Crippen LogP contribution in [0.15, 0.2) is 24.3 Å². The summed E-state index contributed by atoms with van der Waals surface area (Å²) in [6, 6.07) is 6.42. The van der Waals surface area contributed by atoms with Crippen molar-refractivity contribution in [2.75, 3.05) is 24.2 Å². The van der Waals surface area contributed by atoms with Gasteiger partial charge < -0.3 is 4.74 Å². The quantitative estimate of drug-likeness (QED) is 0.605. The highest BCUT2D eigenvalue weighted by atomic mass is 32.2. The van der Waals surface area contributed by atoms with Gasteiger partial charge in [0.2, 0.25) is 10.0 Å². The lowest BCUT2D eigenvalue weighted by atomic mass is 10.1. The van der Waals surface area contributed by atoms with Gasteiger partial charge in [-0.3, -0.25) is 9.52 Å². The van der Waals surface area contributed by atoms with Crippen LogP contribution >= 0.6 is 0 Å². The van der Waals surface area contributed by atoms with E-state index >= 15 is 0 Å². The van der Waals surface area contributed by atoms with Crippen LogP contribution in [0.5, 0.6) is 0 Å². The van der Waals surface area contributed by atoms with Crippen LogP contribution in [0.25, 0.3) is 0 Å². The Hall–Kier alpha value is -1.40. The number of rotatable bonds is 7. The summed E-state index contributed by atoms with van der Waals surface area (Å²) in [5, 5.41) is 0. The molecule has 0 fully saturated rings. The first-order valence-corrected chi connectivity index (χ1v) is 7.20. The van der Waals surface area contributed by atoms with E-state index in [9.17, 15) is 13.2 Å². The normalized spacial score (nSPS) is 11.2. The number of carbonyl (C=O) groups excluding carboxylic acids is 1. The molecule has 6 heteroatoms. The SMILES string of the molecule is COCCCS(=O)(=O)Nc1cccc(C(C)=O)c1. The van der Waals surface area contributed by atoms with Crippen molar-refractivity contribution in [1.82, 2.24) is 0 Å². The molecule has 100 valence electrons. The van der Waals surface area contributed by atoms with Crippen LogP contribution < -0.4 is 4.72 Å². The Morgan fingerprint density at radius 3 is 2.72 bits per heavy atom. The van der Waals surface area contributed by atoms with Gasteiger partial charge in [-0.2, -0.15) is 0 Å². The molecule has 0 amide bonds. The zero-order valence-corrected chi connectivity index (χ0v) is 11.3. The fraction of sp³-hybridized carbons (Fsp3) is 0.417. The maximum Gasteiger partial charge on any atom is 0.232 e. The molecule has 0 saturated heterocycles. The van der Waals surface area contributed by atoms with Crippen molar-refractivity contribution in [3.8, 4) is 0 Å². The Morgan fingerprint density at radius 1 is 1.39 bits per heavy atom. The Bertz CT molecular complexity index is 511. The van der Waals surface area contributed by atoms with E-state index in [0.717, 1.165) is 0 Å². The Morgan fingerprint density at radius 2 is 2.11 bits per heavy atom. The van der Waals surface area contributed by atoms with Crippen LogP contribution in [0.2, 0.25) is 0 Å². The van der Waals surface area contributed by atoms with Gasteiger partial charge in [-0.1, -0.05) is 12.1 Å². The fourth-order valence-corrected chi connectivity index (χ4v) is 2.51. The van der Waals surface area contributed by atoms with E-state index in [1.54, 1.807) is 18.2 Å². The summed E-state index contributed by atoms with van der Waals surface area (Å²) < 4.78 is 30.6. The molecule has 1 rings (SSSR count). The minimum absolute atomic E-state index is 0.00879. The fourth-order valence-electron chi connectivity index (χ4n) is 1.43. The van der Waals surface area contributed by atoms with Crippen molar-refractivity contribution in [3.05, 3.63) is 29.8 Å². The molecule has 5 nitrogen and oxygen atoms in total. The average Bonchev–Trinajstić information content (AvgIpc) is 2.28. The minimum Gasteiger partial charge on any atom is -0.385 e. The van der Waals surface area contributed by atoms with E-state index in [1.807, 2.05) is 0 Å². The van der Waals surface area contributed by atoms with E-state index in [2.05, 4.69) is 4.72 Å². The molecule has 18 heavy (non-hydrogen) atoms. The third-order valence-electron chi connectivity index (χ3n) is 2.30. The molecule has 0 saturated carbocycles. The molecule has 0 aliphatic carbocycles. The van der Waals surface area contributed by atoms with Gasteiger partial charge in [0.15, 0.2) is 5.78 Å². The van der Waals surface area contributed by atoms with E-state index in [4.69, 9.17) is 4.74 Å². The largest absolute Gasteiger partial charge is 0.385 e. The second kappa shape index (κ2) is 6.51. The molecular formula is C12H17NO4S. The number of sulfonamides is 1. The Labute approximate surface area is 107 Å². The summed E-state index contributed by atoms with van der Waals surface area (Å²) in [4.78, 5) is 11.2. The number of Topliss-reactive ketones (excluding diaryl/α,β-unsaturated/α-hetero) is 1. The van der Waals surface area contributed by atoms with E-state index < -0.39 is 10.0 Å². The smallest absolute Gasteiger partial charge is 0.232 e. The van der Waals surface area contributed by atoms with Gasteiger partial charge in [0, 0.05) is 25.0 Å². The number of ether oxygens (including phenoxy) is 1. The van der Waals surface area contributed by atoms with Crippen molar-refractivity contribution in [2.45, 2.75) is 13.3 Å². The third-order valence-corrected chi connectivity index (χ3v) is 3.68. The van der Waals surface area contributed by atoms with Gasteiger partial charge in [0.1, 0.15) is 0 Å². The van der Waals surface area contributed by atoms with Crippen molar-refractivity contribution >= 4 is 21.5 Å². The van der Waals surface area contributed by atoms with E-state index in [-0.39, 0.29) is 11.5 Å². The molecule has 0 spiro atoms. The topological polar surface area (TPSA) is 72.5 Å². The van der Waals surface area contributed by atoms with Gasteiger partial charge in [-0.25, -0.2) is 8.42 Å². The second-order valence-electron chi connectivity index (χ2n) is 3.90. The number of ketones is 1. The zero-order chi connectivity index (χ0) is 13.6. The maximum absolute atomic E-state index is 11.7. The van der Waals surface area contributed by atoms with Gasteiger partial charge >= 0.3 is 0 Å². The zero-order valence-electron chi connectivity index (χ0n) is 10.5. The first kappa shape index (κ1) is 14.7. The lowest BCUT2D eigenvalue weighted by Crippen LogP contribution is -2.17. The number of benzene rings is 1. The van der Waals surface area contributed by atoms with Crippen molar-refractivity contribution < 1.29 is 17.9 Å². The number of hydrogen-bond donors (Lipinski definition) is 1. The van der Waals surface area contributed by atoms with Crippen LogP contribution in [0.1, 0.15) is 23.7 Å². The molecule has 0 bridgehead atoms. The summed E-state index contributed by atoms with van der Waals surface area (Å²) >= 11 is 0. The number of anilines is 1. The van der Waals surface area contributed by atoms with Gasteiger partial charge in [-0.05, 0) is 25.5 Å². The minimum atomic E-state index is -3.39. The highest BCUT2D eigenvalue weighted by Gasteiger charge is 2.10. The maximum atomic E-state index is 11.7. The molecule has 0 atom stereocenters. The first-order valence-electron chi connectivity index (χ1n) is 5.55. The van der Waals surface area contributed by atoms with Crippen LogP contribution in [0.3, 0.4) is 0 Å². The van der Waals surface area contributed by atoms with Gasteiger partial charge in [0.05, 0.1) is 5.75 Å². The number of nitrogens with one attached hydrogen (secondary N) is 1. The van der Waals surface area contributed by atoms with Crippen LogP contribution in [0.4, 0.5) is 5.69 Å².